The summed E-state index contributed by atoms with van der Waals surface area (Å²) in [5.41, 5.74) is 1.51. The minimum atomic E-state index is -0.729. The van der Waals surface area contributed by atoms with E-state index in [4.69, 9.17) is 27.9 Å². The number of aliphatic hydroxyl groups is 1. The van der Waals surface area contributed by atoms with Gasteiger partial charge in [0.15, 0.2) is 0 Å². The van der Waals surface area contributed by atoms with Crippen molar-refractivity contribution >= 4 is 39.1 Å². The van der Waals surface area contributed by atoms with Crippen LogP contribution in [-0.2, 0) is 6.42 Å². The molecule has 0 spiro atoms. The number of hydrogen-bond donors (Lipinski definition) is 1. The SMILES string of the molecule is COc1ccc(Cl)cc1CC(O)c1cccc(Br)c1Cl. The number of hydrogen-bond acceptors (Lipinski definition) is 2. The molecule has 0 radical (unpaired) electrons. The number of benzene rings is 2. The zero-order valence-corrected chi connectivity index (χ0v) is 13.8. The van der Waals surface area contributed by atoms with Crippen molar-refractivity contribution in [1.82, 2.24) is 0 Å². The van der Waals surface area contributed by atoms with E-state index in [0.717, 1.165) is 10.0 Å². The molecule has 1 N–H and O–H groups in total. The first-order valence-electron chi connectivity index (χ1n) is 5.97. The summed E-state index contributed by atoms with van der Waals surface area (Å²) in [5, 5.41) is 11.5. The first-order valence-corrected chi connectivity index (χ1v) is 7.52. The molecule has 2 nitrogen and oxygen atoms in total. The highest BCUT2D eigenvalue weighted by atomic mass is 79.9. The van der Waals surface area contributed by atoms with Crippen molar-refractivity contribution in [3.8, 4) is 5.75 Å². The molecule has 2 rings (SSSR count). The van der Waals surface area contributed by atoms with Gasteiger partial charge in [-0.1, -0.05) is 35.3 Å². The molecule has 0 saturated carbocycles. The Hall–Kier alpha value is -0.740. The van der Waals surface area contributed by atoms with Crippen LogP contribution in [-0.4, -0.2) is 12.2 Å². The van der Waals surface area contributed by atoms with Gasteiger partial charge in [0.25, 0.3) is 0 Å². The Kier molecular flexibility index (Phi) is 5.33. The summed E-state index contributed by atoms with van der Waals surface area (Å²) in [7, 11) is 1.59. The lowest BCUT2D eigenvalue weighted by atomic mass is 10.0. The predicted molar refractivity (Wildman–Crippen MR) is 85.8 cm³/mol. The highest BCUT2D eigenvalue weighted by Crippen LogP contribution is 2.33. The van der Waals surface area contributed by atoms with Crippen LogP contribution in [0.25, 0.3) is 0 Å². The van der Waals surface area contributed by atoms with Gasteiger partial charge in [0.2, 0.25) is 0 Å². The Morgan fingerprint density at radius 1 is 1.25 bits per heavy atom. The number of methoxy groups -OCH3 is 1. The Bertz CT molecular complexity index is 617. The Balaban J connectivity index is 2.30. The highest BCUT2D eigenvalue weighted by molar-refractivity contribution is 9.10. The summed E-state index contributed by atoms with van der Waals surface area (Å²) in [5.74, 6) is 0.694. The van der Waals surface area contributed by atoms with Crippen LogP contribution < -0.4 is 4.74 Å². The van der Waals surface area contributed by atoms with Crippen LogP contribution in [0.3, 0.4) is 0 Å². The van der Waals surface area contributed by atoms with Crippen molar-refractivity contribution in [1.29, 1.82) is 0 Å². The lowest BCUT2D eigenvalue weighted by Crippen LogP contribution is -2.04. The molecule has 106 valence electrons. The maximum Gasteiger partial charge on any atom is 0.122 e. The van der Waals surface area contributed by atoms with Gasteiger partial charge < -0.3 is 9.84 Å². The van der Waals surface area contributed by atoms with E-state index in [1.807, 2.05) is 12.1 Å². The van der Waals surface area contributed by atoms with Gasteiger partial charge in [-0.15, -0.1) is 0 Å². The van der Waals surface area contributed by atoms with Crippen molar-refractivity contribution in [2.45, 2.75) is 12.5 Å². The van der Waals surface area contributed by atoms with Crippen LogP contribution in [0.4, 0.5) is 0 Å². The molecule has 0 aliphatic heterocycles. The molecule has 1 unspecified atom stereocenters. The van der Waals surface area contributed by atoms with Gasteiger partial charge >= 0.3 is 0 Å². The summed E-state index contributed by atoms with van der Waals surface area (Å²) >= 11 is 15.5. The van der Waals surface area contributed by atoms with E-state index in [1.54, 1.807) is 31.4 Å². The van der Waals surface area contributed by atoms with Gasteiger partial charge in [-0.2, -0.15) is 0 Å². The molecule has 20 heavy (non-hydrogen) atoms. The fraction of sp³-hybridized carbons (Fsp3) is 0.200. The first-order chi connectivity index (χ1) is 9.52. The van der Waals surface area contributed by atoms with E-state index in [9.17, 15) is 5.11 Å². The van der Waals surface area contributed by atoms with Gasteiger partial charge in [-0.05, 0) is 45.8 Å². The molecule has 0 aliphatic rings. The molecular formula is C15H13BrCl2O2. The van der Waals surface area contributed by atoms with Crippen molar-refractivity contribution in [3.05, 3.63) is 62.0 Å². The Labute approximate surface area is 136 Å². The third kappa shape index (κ3) is 3.47. The summed E-state index contributed by atoms with van der Waals surface area (Å²) in [6, 6.07) is 10.8. The fourth-order valence-electron chi connectivity index (χ4n) is 2.00. The number of ether oxygens (including phenoxy) is 1. The second-order valence-corrected chi connectivity index (χ2v) is 5.99. The molecule has 0 heterocycles. The molecule has 0 fully saturated rings. The smallest absolute Gasteiger partial charge is 0.122 e. The van der Waals surface area contributed by atoms with Crippen LogP contribution in [0.2, 0.25) is 10.0 Å². The average molecular weight is 376 g/mol. The zero-order valence-electron chi connectivity index (χ0n) is 10.7. The van der Waals surface area contributed by atoms with Crippen molar-refractivity contribution in [2.24, 2.45) is 0 Å². The van der Waals surface area contributed by atoms with E-state index in [1.165, 1.54) is 0 Å². The lowest BCUT2D eigenvalue weighted by molar-refractivity contribution is 0.177. The third-order valence-corrected chi connectivity index (χ3v) is 4.54. The summed E-state index contributed by atoms with van der Waals surface area (Å²) in [6.07, 6.45) is -0.354. The molecule has 0 saturated heterocycles. The molecule has 2 aromatic carbocycles. The molecule has 5 heteroatoms. The molecule has 1 atom stereocenters. The monoisotopic (exact) mass is 374 g/mol. The summed E-state index contributed by atoms with van der Waals surface area (Å²) in [6.45, 7) is 0. The molecular weight excluding hydrogens is 363 g/mol. The number of rotatable bonds is 4. The third-order valence-electron chi connectivity index (χ3n) is 3.00. The normalized spacial score (nSPS) is 12.2. The van der Waals surface area contributed by atoms with Crippen LogP contribution in [0.15, 0.2) is 40.9 Å². The van der Waals surface area contributed by atoms with Crippen LogP contribution >= 0.6 is 39.1 Å². The summed E-state index contributed by atoms with van der Waals surface area (Å²) < 4.78 is 6.04. The van der Waals surface area contributed by atoms with Crippen molar-refractivity contribution in [2.75, 3.05) is 7.11 Å². The Morgan fingerprint density at radius 2 is 2.00 bits per heavy atom. The van der Waals surface area contributed by atoms with Crippen LogP contribution in [0.1, 0.15) is 17.2 Å². The first kappa shape index (κ1) is 15.6. The minimum absolute atomic E-state index is 0.375. The van der Waals surface area contributed by atoms with Gasteiger partial charge in [0, 0.05) is 21.5 Å². The zero-order chi connectivity index (χ0) is 14.7. The van der Waals surface area contributed by atoms with Gasteiger partial charge in [-0.3, -0.25) is 0 Å². The predicted octanol–water partition coefficient (Wildman–Crippen LogP) is 5.04. The minimum Gasteiger partial charge on any atom is -0.496 e. The van der Waals surface area contributed by atoms with Crippen LogP contribution in [0, 0.1) is 0 Å². The van der Waals surface area contributed by atoms with Gasteiger partial charge in [0.05, 0.1) is 18.2 Å². The standard InChI is InChI=1S/C15H13BrCl2O2/c1-20-14-6-5-10(17)7-9(14)8-13(19)11-3-2-4-12(16)15(11)18/h2-7,13,19H,8H2,1H3. The van der Waals surface area contributed by atoms with Gasteiger partial charge in [-0.25, -0.2) is 0 Å². The maximum absolute atomic E-state index is 10.4. The summed E-state index contributed by atoms with van der Waals surface area (Å²) in [4.78, 5) is 0. The molecule has 0 aliphatic carbocycles. The molecule has 0 bridgehead atoms. The maximum atomic E-state index is 10.4. The van der Waals surface area contributed by atoms with E-state index in [0.29, 0.717) is 27.8 Å². The average Bonchev–Trinajstić information content (AvgIpc) is 2.42. The van der Waals surface area contributed by atoms with E-state index in [2.05, 4.69) is 15.9 Å². The van der Waals surface area contributed by atoms with Crippen molar-refractivity contribution < 1.29 is 9.84 Å². The fourth-order valence-corrected chi connectivity index (χ4v) is 2.83. The van der Waals surface area contributed by atoms with Gasteiger partial charge in [0.1, 0.15) is 5.75 Å². The quantitative estimate of drug-likeness (QED) is 0.810. The number of aliphatic hydroxyl groups excluding tert-OH is 1. The molecule has 0 amide bonds. The lowest BCUT2D eigenvalue weighted by Gasteiger charge is -2.16. The van der Waals surface area contributed by atoms with E-state index >= 15 is 0 Å². The number of halogens is 3. The molecule has 0 aromatic heterocycles. The molecule has 2 aromatic rings. The highest BCUT2D eigenvalue weighted by Gasteiger charge is 2.16. The topological polar surface area (TPSA) is 29.5 Å². The van der Waals surface area contributed by atoms with E-state index in [-0.39, 0.29) is 0 Å². The Morgan fingerprint density at radius 3 is 2.70 bits per heavy atom. The second kappa shape index (κ2) is 6.81. The van der Waals surface area contributed by atoms with E-state index < -0.39 is 6.10 Å². The van der Waals surface area contributed by atoms with Crippen molar-refractivity contribution in [3.63, 3.8) is 0 Å². The second-order valence-electron chi connectivity index (χ2n) is 4.32. The largest absolute Gasteiger partial charge is 0.496 e. The van der Waals surface area contributed by atoms with Crippen LogP contribution in [0.5, 0.6) is 5.75 Å².